The van der Waals surface area contributed by atoms with Crippen LogP contribution >= 0.6 is 23.1 Å². The zero-order valence-corrected chi connectivity index (χ0v) is 40.3. The zero-order chi connectivity index (χ0) is 46.1. The third kappa shape index (κ3) is 9.46. The molecule has 9 rings (SSSR count). The lowest BCUT2D eigenvalue weighted by Gasteiger charge is -2.43. The van der Waals surface area contributed by atoms with Gasteiger partial charge in [-0.1, -0.05) is 13.0 Å². The molecule has 4 aliphatic heterocycles. The Morgan fingerprint density at radius 3 is 2.44 bits per heavy atom. The maximum atomic E-state index is 13.5. The summed E-state index contributed by atoms with van der Waals surface area (Å²) in [6.07, 6.45) is 8.52. The van der Waals surface area contributed by atoms with Crippen LogP contribution in [-0.4, -0.2) is 137 Å². The molecule has 0 bridgehead atoms. The molecule has 346 valence electrons. The molecule has 1 unspecified atom stereocenters. The molecule has 4 aliphatic rings. The van der Waals surface area contributed by atoms with E-state index in [2.05, 4.69) is 85.9 Å². The van der Waals surface area contributed by atoms with Gasteiger partial charge in [0.25, 0.3) is 5.91 Å². The summed E-state index contributed by atoms with van der Waals surface area (Å²) in [5.41, 5.74) is 7.52. The monoisotopic (exact) mass is 978 g/mol. The maximum absolute atomic E-state index is 13.5. The van der Waals surface area contributed by atoms with Gasteiger partial charge in [-0.25, -0.2) is 4.98 Å². The second-order valence-electron chi connectivity index (χ2n) is 17.7. The van der Waals surface area contributed by atoms with Crippen molar-refractivity contribution in [2.75, 3.05) is 93.6 Å². The van der Waals surface area contributed by atoms with Crippen molar-refractivity contribution in [3.05, 3.63) is 82.2 Å². The number of anilines is 6. The summed E-state index contributed by atoms with van der Waals surface area (Å²) in [5.74, 6) is 0.743. The smallest absolute Gasteiger partial charge is 0.255 e. The van der Waals surface area contributed by atoms with Crippen molar-refractivity contribution >= 4 is 91.6 Å². The van der Waals surface area contributed by atoms with Gasteiger partial charge in [0, 0.05) is 119 Å². The zero-order valence-electron chi connectivity index (χ0n) is 37.8. The normalized spacial score (nSPS) is 18.7. The summed E-state index contributed by atoms with van der Waals surface area (Å²) in [6, 6.07) is 13.6. The van der Waals surface area contributed by atoms with Gasteiger partial charge in [-0.05, 0) is 90.8 Å². The quantitative estimate of drug-likeness (QED) is 0.0755. The molecule has 3 aromatic carbocycles. The van der Waals surface area contributed by atoms with E-state index < -0.39 is 19.1 Å². The average molecular weight is 980 g/mol. The Kier molecular flexibility index (Phi) is 13.3. The molecular weight excluding hydrogens is 923 g/mol. The van der Waals surface area contributed by atoms with Crippen molar-refractivity contribution < 1.29 is 23.7 Å². The van der Waals surface area contributed by atoms with Crippen LogP contribution < -0.4 is 36.2 Å². The van der Waals surface area contributed by atoms with E-state index in [1.807, 2.05) is 30.3 Å². The van der Waals surface area contributed by atoms with Crippen molar-refractivity contribution in [2.45, 2.75) is 57.7 Å². The first kappa shape index (κ1) is 45.5. The van der Waals surface area contributed by atoms with Crippen LogP contribution in [0.3, 0.4) is 0 Å². The molecule has 0 spiro atoms. The van der Waals surface area contributed by atoms with Crippen LogP contribution in [0.5, 0.6) is 5.75 Å². The largest absolute Gasteiger partial charge is 0.494 e. The van der Waals surface area contributed by atoms with Crippen LogP contribution in [0.25, 0.3) is 11.0 Å². The molecule has 6 heterocycles. The van der Waals surface area contributed by atoms with E-state index in [1.54, 1.807) is 43.9 Å². The Morgan fingerprint density at radius 1 is 0.909 bits per heavy atom. The second-order valence-corrected chi connectivity index (χ2v) is 21.7. The fraction of sp³-hybridized carbons (Fsp3) is 0.426. The third-order valence-corrected chi connectivity index (χ3v) is 15.3. The number of benzene rings is 3. The van der Waals surface area contributed by atoms with Crippen LogP contribution in [0.2, 0.25) is 0 Å². The summed E-state index contributed by atoms with van der Waals surface area (Å²) in [6.45, 7) is 13.6. The number of aromatic nitrogens is 4. The number of methoxy groups -OCH3 is 1. The van der Waals surface area contributed by atoms with Crippen molar-refractivity contribution in [3.8, 4) is 5.75 Å². The number of ether oxygens (including phenoxy) is 1. The summed E-state index contributed by atoms with van der Waals surface area (Å²) in [5, 5.41) is 13.4. The highest BCUT2D eigenvalue weighted by molar-refractivity contribution is 9.10. The van der Waals surface area contributed by atoms with Gasteiger partial charge in [-0.3, -0.25) is 39.5 Å². The lowest BCUT2D eigenvalue weighted by atomic mass is 9.99. The molecule has 66 heavy (non-hydrogen) atoms. The van der Waals surface area contributed by atoms with Crippen LogP contribution in [-0.2, 0) is 27.1 Å². The molecule has 19 heteroatoms. The molecule has 1 atom stereocenters. The molecular formula is C47H56BrN12O5P. The van der Waals surface area contributed by atoms with Gasteiger partial charge in [0.2, 0.25) is 17.8 Å². The lowest BCUT2D eigenvalue weighted by Crippen LogP contribution is -2.53. The number of piperidine rings is 2. The number of fused-ring (bicyclic) bond motifs is 2. The first-order valence-electron chi connectivity index (χ1n) is 22.7. The highest BCUT2D eigenvalue weighted by atomic mass is 79.9. The predicted octanol–water partition coefficient (Wildman–Crippen LogP) is 5.95. The third-order valence-electron chi connectivity index (χ3n) is 13.2. The Hall–Kier alpha value is -5.68. The number of halogens is 1. The van der Waals surface area contributed by atoms with Gasteiger partial charge in [0.15, 0.2) is 0 Å². The number of nitrogens with one attached hydrogen (secondary N) is 4. The number of carbonyl (C=O) groups excluding carboxylic acids is 3. The highest BCUT2D eigenvalue weighted by Crippen LogP contribution is 2.42. The van der Waals surface area contributed by atoms with E-state index in [4.69, 9.17) is 9.72 Å². The number of carbonyl (C=O) groups is 3. The molecule has 3 fully saturated rings. The second kappa shape index (κ2) is 19.3. The van der Waals surface area contributed by atoms with E-state index >= 15 is 0 Å². The van der Waals surface area contributed by atoms with E-state index in [-0.39, 0.29) is 18.2 Å². The number of amides is 3. The van der Waals surface area contributed by atoms with Crippen molar-refractivity contribution in [2.24, 2.45) is 0 Å². The topological polar surface area (TPSA) is 190 Å². The van der Waals surface area contributed by atoms with Crippen LogP contribution in [0.4, 0.5) is 34.5 Å². The summed E-state index contributed by atoms with van der Waals surface area (Å²) in [7, 11) is -1.10. The molecule has 4 N–H and O–H groups in total. The minimum atomic E-state index is -2.78. The number of nitrogens with zero attached hydrogens (tertiary/aromatic N) is 8. The van der Waals surface area contributed by atoms with Crippen molar-refractivity contribution in [1.82, 2.24) is 40.0 Å². The van der Waals surface area contributed by atoms with Gasteiger partial charge >= 0.3 is 0 Å². The van der Waals surface area contributed by atoms with Crippen molar-refractivity contribution in [3.63, 3.8) is 0 Å². The van der Waals surface area contributed by atoms with Gasteiger partial charge in [0.1, 0.15) is 30.3 Å². The predicted molar refractivity (Wildman–Crippen MR) is 262 cm³/mol. The van der Waals surface area contributed by atoms with E-state index in [0.29, 0.717) is 68.6 Å². The maximum Gasteiger partial charge on any atom is 0.255 e. The lowest BCUT2D eigenvalue weighted by molar-refractivity contribution is -0.136. The fourth-order valence-electron chi connectivity index (χ4n) is 9.81. The number of piperazine rings is 1. The van der Waals surface area contributed by atoms with Crippen LogP contribution in [0.1, 0.15) is 54.1 Å². The molecule has 3 saturated heterocycles. The number of aryl methyl sites for hydroxylation is 1. The minimum absolute atomic E-state index is 0.157. The number of hydrogen-bond acceptors (Lipinski definition) is 15. The minimum Gasteiger partial charge on any atom is -0.494 e. The van der Waals surface area contributed by atoms with Crippen LogP contribution in [0, 0.1) is 0 Å². The Balaban J connectivity index is 0.781. The van der Waals surface area contributed by atoms with Crippen molar-refractivity contribution in [1.29, 1.82) is 0 Å². The van der Waals surface area contributed by atoms with Gasteiger partial charge in [0.05, 0.1) is 33.8 Å². The standard InChI is InChI=1S/C47H56BrN12O5P/c1-5-29-25-37(54-47-52-27-33(48)44(56-47)53-36-10-9-35-42(51-16-15-49-35)43(36)66(3,4)64)40(65-2)26-39(29)59-18-13-30(14-19-59)58-23-21-57(22-24-58)20-17-50-34-8-6-7-31-32(34)28-60(46(31)63)38-11-12-41(61)55-45(38)62/h6-10,15-16,25-27,30,38,50H,5,11-14,17-24,28H2,1-4H3,(H,55,61,62)(H2,52,53,54,56). The number of imide groups is 1. The molecule has 2 aromatic heterocycles. The summed E-state index contributed by atoms with van der Waals surface area (Å²) in [4.78, 5) is 65.1. The SMILES string of the molecule is CCc1cc(Nc2ncc(Br)c(Nc3ccc4nccnc4c3P(C)(C)=O)n2)c(OC)cc1N1CCC(N2CCN(CCNc3cccc4c3CN(C3CCC(=O)NC3=O)C4=O)CC2)CC1. The van der Waals surface area contributed by atoms with Gasteiger partial charge < -0.3 is 35.1 Å². The molecule has 5 aromatic rings. The summed E-state index contributed by atoms with van der Waals surface area (Å²) < 4.78 is 20.1. The van der Waals surface area contributed by atoms with Crippen LogP contribution in [0.15, 0.2) is 65.5 Å². The average Bonchev–Trinajstić information content (AvgIpc) is 3.65. The Morgan fingerprint density at radius 2 is 1.70 bits per heavy atom. The molecule has 3 amide bonds. The number of hydrogen-bond donors (Lipinski definition) is 4. The fourth-order valence-corrected chi connectivity index (χ4v) is 11.5. The molecule has 0 radical (unpaired) electrons. The Bertz CT molecular complexity index is 2720. The summed E-state index contributed by atoms with van der Waals surface area (Å²) >= 11 is 3.60. The number of rotatable bonds is 14. The first-order valence-corrected chi connectivity index (χ1v) is 26.1. The Labute approximate surface area is 393 Å². The van der Waals surface area contributed by atoms with E-state index in [9.17, 15) is 18.9 Å². The van der Waals surface area contributed by atoms with E-state index in [1.165, 1.54) is 11.3 Å². The highest BCUT2D eigenvalue weighted by Gasteiger charge is 2.40. The van der Waals surface area contributed by atoms with Gasteiger partial charge in [-0.15, -0.1) is 0 Å². The molecule has 17 nitrogen and oxygen atoms in total. The molecule has 0 saturated carbocycles. The van der Waals surface area contributed by atoms with Gasteiger partial charge in [-0.2, -0.15) is 4.98 Å². The molecule has 0 aliphatic carbocycles. The first-order chi connectivity index (χ1) is 31.9. The van der Waals surface area contributed by atoms with E-state index in [0.717, 1.165) is 88.6 Å².